The maximum atomic E-state index is 12.4. The number of quaternary nitrogens is 1. The number of carbonyl (C=O) groups excluding carboxylic acids is 2. The molecule has 2 N–H and O–H groups in total. The highest BCUT2D eigenvalue weighted by molar-refractivity contribution is 6.30. The van der Waals surface area contributed by atoms with E-state index in [0.29, 0.717) is 24.7 Å². The van der Waals surface area contributed by atoms with Crippen LogP contribution >= 0.6 is 11.6 Å². The number of amides is 2. The van der Waals surface area contributed by atoms with Gasteiger partial charge in [-0.25, -0.2) is 0 Å². The van der Waals surface area contributed by atoms with Crippen LogP contribution in [0.25, 0.3) is 0 Å². The number of nitrogens with zero attached hydrogens (tertiary/aromatic N) is 1. The summed E-state index contributed by atoms with van der Waals surface area (Å²) in [4.78, 5) is 27.1. The average Bonchev–Trinajstić information content (AvgIpc) is 2.46. The third-order valence-corrected chi connectivity index (χ3v) is 3.84. The molecule has 1 aromatic carbocycles. The van der Waals surface area contributed by atoms with Crippen molar-refractivity contribution in [2.24, 2.45) is 0 Å². The SMILES string of the molecule is CC[NH+](CC(=O)NC(C)(C)C)CC(=O)N(C)Cc1ccc(Cl)cc1. The third-order valence-electron chi connectivity index (χ3n) is 3.58. The van der Waals surface area contributed by atoms with Gasteiger partial charge in [0.1, 0.15) is 0 Å². The second-order valence-corrected chi connectivity index (χ2v) is 7.57. The molecule has 0 radical (unpaired) electrons. The van der Waals surface area contributed by atoms with Gasteiger partial charge in [-0.2, -0.15) is 0 Å². The second kappa shape index (κ2) is 9.04. The van der Waals surface area contributed by atoms with Gasteiger partial charge >= 0.3 is 0 Å². The van der Waals surface area contributed by atoms with Crippen molar-refractivity contribution in [2.75, 3.05) is 26.7 Å². The van der Waals surface area contributed by atoms with Crippen molar-refractivity contribution in [3.8, 4) is 0 Å². The largest absolute Gasteiger partial charge is 0.347 e. The lowest BCUT2D eigenvalue weighted by Crippen LogP contribution is -3.14. The Hall–Kier alpha value is -1.59. The highest BCUT2D eigenvalue weighted by Crippen LogP contribution is 2.10. The molecule has 0 aromatic heterocycles. The Kier molecular flexibility index (Phi) is 7.70. The molecular formula is C18H29ClN3O2+. The maximum Gasteiger partial charge on any atom is 0.277 e. The molecule has 1 atom stereocenters. The zero-order valence-electron chi connectivity index (χ0n) is 15.3. The average molecular weight is 355 g/mol. The summed E-state index contributed by atoms with van der Waals surface area (Å²) >= 11 is 5.87. The highest BCUT2D eigenvalue weighted by atomic mass is 35.5. The fourth-order valence-corrected chi connectivity index (χ4v) is 2.43. The number of carbonyl (C=O) groups is 2. The molecule has 0 aliphatic rings. The third kappa shape index (κ3) is 7.79. The predicted octanol–water partition coefficient (Wildman–Crippen LogP) is 1.12. The van der Waals surface area contributed by atoms with Gasteiger partial charge in [0, 0.05) is 24.2 Å². The first-order chi connectivity index (χ1) is 11.1. The van der Waals surface area contributed by atoms with E-state index in [0.717, 1.165) is 17.0 Å². The van der Waals surface area contributed by atoms with Crippen LogP contribution in [0.1, 0.15) is 33.3 Å². The predicted molar refractivity (Wildman–Crippen MR) is 97.1 cm³/mol. The van der Waals surface area contributed by atoms with Gasteiger partial charge < -0.3 is 15.1 Å². The Morgan fingerprint density at radius 1 is 1.17 bits per heavy atom. The van der Waals surface area contributed by atoms with Gasteiger partial charge in [0.2, 0.25) is 0 Å². The molecule has 134 valence electrons. The maximum absolute atomic E-state index is 12.4. The minimum Gasteiger partial charge on any atom is -0.347 e. The topological polar surface area (TPSA) is 53.9 Å². The summed E-state index contributed by atoms with van der Waals surface area (Å²) in [5.41, 5.74) is 0.768. The first kappa shape index (κ1) is 20.5. The van der Waals surface area contributed by atoms with E-state index in [1.807, 2.05) is 52.0 Å². The smallest absolute Gasteiger partial charge is 0.277 e. The molecule has 0 saturated carbocycles. The summed E-state index contributed by atoms with van der Waals surface area (Å²) in [6.07, 6.45) is 0. The summed E-state index contributed by atoms with van der Waals surface area (Å²) in [5, 5.41) is 3.61. The van der Waals surface area contributed by atoms with Gasteiger partial charge in [0.25, 0.3) is 11.8 Å². The van der Waals surface area contributed by atoms with Crippen LogP contribution in [0.5, 0.6) is 0 Å². The van der Waals surface area contributed by atoms with Crippen LogP contribution in [0.15, 0.2) is 24.3 Å². The van der Waals surface area contributed by atoms with Crippen molar-refractivity contribution >= 4 is 23.4 Å². The van der Waals surface area contributed by atoms with E-state index in [1.54, 1.807) is 11.9 Å². The molecule has 1 rings (SSSR count). The Morgan fingerprint density at radius 3 is 2.25 bits per heavy atom. The molecular weight excluding hydrogens is 326 g/mol. The summed E-state index contributed by atoms with van der Waals surface area (Å²) in [6.45, 7) is 9.67. The molecule has 0 aliphatic heterocycles. The van der Waals surface area contributed by atoms with Crippen molar-refractivity contribution in [1.82, 2.24) is 10.2 Å². The van der Waals surface area contributed by atoms with Crippen molar-refractivity contribution < 1.29 is 14.5 Å². The lowest BCUT2D eigenvalue weighted by atomic mass is 10.1. The molecule has 2 amide bonds. The van der Waals surface area contributed by atoms with Gasteiger partial charge in [-0.15, -0.1) is 0 Å². The molecule has 0 aliphatic carbocycles. The van der Waals surface area contributed by atoms with Crippen LogP contribution in [0.4, 0.5) is 0 Å². The zero-order valence-corrected chi connectivity index (χ0v) is 16.0. The van der Waals surface area contributed by atoms with E-state index in [2.05, 4.69) is 5.32 Å². The first-order valence-corrected chi connectivity index (χ1v) is 8.61. The van der Waals surface area contributed by atoms with Gasteiger partial charge in [0.15, 0.2) is 13.1 Å². The van der Waals surface area contributed by atoms with E-state index in [1.165, 1.54) is 0 Å². The molecule has 6 heteroatoms. The van der Waals surface area contributed by atoms with E-state index >= 15 is 0 Å². The second-order valence-electron chi connectivity index (χ2n) is 7.13. The van der Waals surface area contributed by atoms with E-state index in [-0.39, 0.29) is 17.4 Å². The Balaban J connectivity index is 2.53. The van der Waals surface area contributed by atoms with Crippen molar-refractivity contribution in [3.05, 3.63) is 34.9 Å². The number of nitrogens with one attached hydrogen (secondary N) is 2. The minimum absolute atomic E-state index is 0.0189. The normalized spacial score (nSPS) is 12.6. The number of rotatable bonds is 7. The molecule has 0 saturated heterocycles. The number of hydrogen-bond donors (Lipinski definition) is 2. The van der Waals surface area contributed by atoms with E-state index in [9.17, 15) is 9.59 Å². The lowest BCUT2D eigenvalue weighted by molar-refractivity contribution is -0.882. The summed E-state index contributed by atoms with van der Waals surface area (Å²) < 4.78 is 0. The van der Waals surface area contributed by atoms with Crippen molar-refractivity contribution in [1.29, 1.82) is 0 Å². The van der Waals surface area contributed by atoms with Crippen LogP contribution in [-0.4, -0.2) is 48.9 Å². The van der Waals surface area contributed by atoms with Gasteiger partial charge in [-0.05, 0) is 45.4 Å². The van der Waals surface area contributed by atoms with E-state index in [4.69, 9.17) is 11.6 Å². The molecule has 1 unspecified atom stereocenters. The van der Waals surface area contributed by atoms with Crippen LogP contribution in [-0.2, 0) is 16.1 Å². The summed E-state index contributed by atoms with van der Waals surface area (Å²) in [5.74, 6) is -0.0159. The van der Waals surface area contributed by atoms with Crippen molar-refractivity contribution in [2.45, 2.75) is 39.8 Å². The van der Waals surface area contributed by atoms with Gasteiger partial charge in [-0.3, -0.25) is 9.59 Å². The van der Waals surface area contributed by atoms with Crippen LogP contribution in [0, 0.1) is 0 Å². The summed E-state index contributed by atoms with van der Waals surface area (Å²) in [6, 6.07) is 7.45. The molecule has 0 fully saturated rings. The minimum atomic E-state index is -0.259. The van der Waals surface area contributed by atoms with Crippen molar-refractivity contribution in [3.63, 3.8) is 0 Å². The molecule has 1 aromatic rings. The highest BCUT2D eigenvalue weighted by Gasteiger charge is 2.21. The fourth-order valence-electron chi connectivity index (χ4n) is 2.30. The number of hydrogen-bond acceptors (Lipinski definition) is 2. The summed E-state index contributed by atoms with van der Waals surface area (Å²) in [7, 11) is 1.78. The quantitative estimate of drug-likeness (QED) is 0.771. The van der Waals surface area contributed by atoms with E-state index < -0.39 is 0 Å². The number of benzene rings is 1. The first-order valence-electron chi connectivity index (χ1n) is 8.23. The van der Waals surface area contributed by atoms with Crippen LogP contribution < -0.4 is 10.2 Å². The Bertz CT molecular complexity index is 552. The van der Waals surface area contributed by atoms with Crippen LogP contribution in [0.2, 0.25) is 5.02 Å². The van der Waals surface area contributed by atoms with Gasteiger partial charge in [0.05, 0.1) is 6.54 Å². The lowest BCUT2D eigenvalue weighted by Gasteiger charge is -2.24. The van der Waals surface area contributed by atoms with Gasteiger partial charge in [-0.1, -0.05) is 23.7 Å². The molecule has 0 heterocycles. The molecule has 0 bridgehead atoms. The standard InChI is InChI=1S/C18H28ClN3O2/c1-6-22(12-16(23)20-18(2,3)4)13-17(24)21(5)11-14-7-9-15(19)10-8-14/h7-10H,6,11-13H2,1-5H3,(H,20,23)/p+1. The molecule has 0 spiro atoms. The Labute approximate surface area is 150 Å². The monoisotopic (exact) mass is 354 g/mol. The number of likely N-dealkylation sites (N-methyl/N-ethyl adjacent to an activating group) is 2. The van der Waals surface area contributed by atoms with Crippen LogP contribution in [0.3, 0.4) is 0 Å². The Morgan fingerprint density at radius 2 is 1.75 bits per heavy atom. The molecule has 5 nitrogen and oxygen atoms in total. The zero-order chi connectivity index (χ0) is 18.3. The molecule has 24 heavy (non-hydrogen) atoms. The number of halogens is 1. The fraction of sp³-hybridized carbons (Fsp3) is 0.556.